The van der Waals surface area contributed by atoms with E-state index in [0.29, 0.717) is 0 Å². The Morgan fingerprint density at radius 2 is 1.76 bits per heavy atom. The smallest absolute Gasteiger partial charge is 0.165 e. The minimum Gasteiger partial charge on any atom is -0.493 e. The van der Waals surface area contributed by atoms with E-state index in [1.165, 1.54) is 11.1 Å². The maximum atomic E-state index is 5.61. The SMILES string of the molecule is COc1cc(C(C)(C)C)cc(CN2CCNCC2)c1OC. The molecule has 0 bridgehead atoms. The number of hydrogen-bond donors (Lipinski definition) is 1. The molecule has 0 atom stereocenters. The average Bonchev–Trinajstić information content (AvgIpc) is 2.46. The van der Waals surface area contributed by atoms with Gasteiger partial charge in [0.05, 0.1) is 14.2 Å². The summed E-state index contributed by atoms with van der Waals surface area (Å²) in [6.07, 6.45) is 0. The van der Waals surface area contributed by atoms with Crippen LogP contribution in [0.5, 0.6) is 11.5 Å². The summed E-state index contributed by atoms with van der Waals surface area (Å²) in [7, 11) is 3.43. The Bertz CT molecular complexity index is 474. The second-order valence-corrected chi connectivity index (χ2v) is 6.65. The van der Waals surface area contributed by atoms with Gasteiger partial charge >= 0.3 is 0 Å². The quantitative estimate of drug-likeness (QED) is 0.924. The van der Waals surface area contributed by atoms with Crippen LogP contribution in [-0.4, -0.2) is 45.3 Å². The van der Waals surface area contributed by atoms with Gasteiger partial charge in [0, 0.05) is 38.3 Å². The highest BCUT2D eigenvalue weighted by Crippen LogP contribution is 2.37. The van der Waals surface area contributed by atoms with Gasteiger partial charge in [-0.1, -0.05) is 20.8 Å². The predicted octanol–water partition coefficient (Wildman–Crippen LogP) is 2.41. The lowest BCUT2D eigenvalue weighted by Crippen LogP contribution is -2.43. The monoisotopic (exact) mass is 292 g/mol. The van der Waals surface area contributed by atoms with Crippen LogP contribution in [-0.2, 0) is 12.0 Å². The molecule has 1 aromatic rings. The maximum Gasteiger partial charge on any atom is 0.165 e. The summed E-state index contributed by atoms with van der Waals surface area (Å²) >= 11 is 0. The highest BCUT2D eigenvalue weighted by molar-refractivity contribution is 5.51. The zero-order valence-corrected chi connectivity index (χ0v) is 14.0. The van der Waals surface area contributed by atoms with Gasteiger partial charge in [-0.25, -0.2) is 0 Å². The zero-order valence-electron chi connectivity index (χ0n) is 14.0. The van der Waals surface area contributed by atoms with Crippen molar-refractivity contribution in [3.05, 3.63) is 23.3 Å². The molecule has 1 saturated heterocycles. The minimum atomic E-state index is 0.0950. The van der Waals surface area contributed by atoms with Crippen LogP contribution in [0.15, 0.2) is 12.1 Å². The average molecular weight is 292 g/mol. The van der Waals surface area contributed by atoms with Gasteiger partial charge in [-0.3, -0.25) is 4.90 Å². The van der Waals surface area contributed by atoms with Gasteiger partial charge in [-0.2, -0.15) is 0 Å². The second kappa shape index (κ2) is 6.67. The number of piperazine rings is 1. The predicted molar refractivity (Wildman–Crippen MR) is 86.4 cm³/mol. The van der Waals surface area contributed by atoms with E-state index in [1.807, 2.05) is 0 Å². The Hall–Kier alpha value is -1.26. The molecular formula is C17H28N2O2. The lowest BCUT2D eigenvalue weighted by molar-refractivity contribution is 0.229. The first-order chi connectivity index (χ1) is 9.95. The van der Waals surface area contributed by atoms with Gasteiger partial charge in [0.25, 0.3) is 0 Å². The van der Waals surface area contributed by atoms with E-state index in [4.69, 9.17) is 9.47 Å². The fraction of sp³-hybridized carbons (Fsp3) is 0.647. The number of benzene rings is 1. The molecule has 0 aliphatic carbocycles. The number of nitrogens with zero attached hydrogens (tertiary/aromatic N) is 1. The molecule has 0 saturated carbocycles. The van der Waals surface area contributed by atoms with Crippen molar-refractivity contribution in [2.45, 2.75) is 32.7 Å². The van der Waals surface area contributed by atoms with Crippen molar-refractivity contribution in [1.29, 1.82) is 0 Å². The number of ether oxygens (including phenoxy) is 2. The van der Waals surface area contributed by atoms with Gasteiger partial charge in [-0.15, -0.1) is 0 Å². The summed E-state index contributed by atoms with van der Waals surface area (Å²) in [6, 6.07) is 4.36. The molecule has 0 radical (unpaired) electrons. The van der Waals surface area contributed by atoms with E-state index >= 15 is 0 Å². The Morgan fingerprint density at radius 3 is 2.29 bits per heavy atom. The van der Waals surface area contributed by atoms with Crippen LogP contribution in [0.4, 0.5) is 0 Å². The molecule has 1 aromatic carbocycles. The summed E-state index contributed by atoms with van der Waals surface area (Å²) in [5, 5.41) is 3.39. The van der Waals surface area contributed by atoms with Crippen LogP contribution in [0.3, 0.4) is 0 Å². The van der Waals surface area contributed by atoms with Gasteiger partial charge < -0.3 is 14.8 Å². The Labute approximate surface area is 128 Å². The van der Waals surface area contributed by atoms with Gasteiger partial charge in [0.2, 0.25) is 0 Å². The molecule has 1 heterocycles. The molecule has 4 nitrogen and oxygen atoms in total. The highest BCUT2D eigenvalue weighted by Gasteiger charge is 2.21. The van der Waals surface area contributed by atoms with Crippen molar-refractivity contribution in [3.8, 4) is 11.5 Å². The summed E-state index contributed by atoms with van der Waals surface area (Å²) in [5.74, 6) is 1.69. The summed E-state index contributed by atoms with van der Waals surface area (Å²) in [5.41, 5.74) is 2.59. The molecule has 0 spiro atoms. The number of nitrogens with one attached hydrogen (secondary N) is 1. The molecule has 1 fully saturated rings. The summed E-state index contributed by atoms with van der Waals surface area (Å²) in [6.45, 7) is 11.8. The topological polar surface area (TPSA) is 33.7 Å². The minimum absolute atomic E-state index is 0.0950. The molecule has 1 aliphatic rings. The molecule has 118 valence electrons. The molecule has 1 aliphatic heterocycles. The van der Waals surface area contributed by atoms with E-state index in [1.54, 1.807) is 14.2 Å². The zero-order chi connectivity index (χ0) is 15.5. The summed E-state index contributed by atoms with van der Waals surface area (Å²) < 4.78 is 11.2. The molecule has 2 rings (SSSR count). The Balaban J connectivity index is 2.35. The van der Waals surface area contributed by atoms with E-state index in [0.717, 1.165) is 44.2 Å². The van der Waals surface area contributed by atoms with Crippen LogP contribution >= 0.6 is 0 Å². The number of rotatable bonds is 4. The summed E-state index contributed by atoms with van der Waals surface area (Å²) in [4.78, 5) is 2.46. The third-order valence-electron chi connectivity index (χ3n) is 4.03. The van der Waals surface area contributed by atoms with Gasteiger partial charge in [-0.05, 0) is 23.1 Å². The van der Waals surface area contributed by atoms with E-state index in [2.05, 4.69) is 43.1 Å². The van der Waals surface area contributed by atoms with Crippen molar-refractivity contribution in [1.82, 2.24) is 10.2 Å². The molecular weight excluding hydrogens is 264 g/mol. The lowest BCUT2D eigenvalue weighted by atomic mass is 9.85. The van der Waals surface area contributed by atoms with Crippen molar-refractivity contribution in [2.24, 2.45) is 0 Å². The number of hydrogen-bond acceptors (Lipinski definition) is 4. The first-order valence-electron chi connectivity index (χ1n) is 7.64. The first kappa shape index (κ1) is 16.1. The second-order valence-electron chi connectivity index (χ2n) is 6.65. The molecule has 4 heteroatoms. The maximum absolute atomic E-state index is 5.61. The van der Waals surface area contributed by atoms with Gasteiger partial charge in [0.15, 0.2) is 11.5 Å². The molecule has 0 amide bonds. The van der Waals surface area contributed by atoms with Crippen molar-refractivity contribution in [2.75, 3.05) is 40.4 Å². The van der Waals surface area contributed by atoms with Crippen LogP contribution in [0.1, 0.15) is 31.9 Å². The standard InChI is InChI=1S/C17H28N2O2/c1-17(2,3)14-10-13(12-19-8-6-18-7-9-19)16(21-5)15(11-14)20-4/h10-11,18H,6-9,12H2,1-5H3. The fourth-order valence-corrected chi connectivity index (χ4v) is 2.70. The third kappa shape index (κ3) is 3.89. The lowest BCUT2D eigenvalue weighted by Gasteiger charge is -2.29. The molecule has 1 N–H and O–H groups in total. The van der Waals surface area contributed by atoms with E-state index < -0.39 is 0 Å². The highest BCUT2D eigenvalue weighted by atomic mass is 16.5. The molecule has 21 heavy (non-hydrogen) atoms. The Morgan fingerprint density at radius 1 is 1.10 bits per heavy atom. The van der Waals surface area contributed by atoms with E-state index in [9.17, 15) is 0 Å². The molecule has 0 unspecified atom stereocenters. The fourth-order valence-electron chi connectivity index (χ4n) is 2.70. The molecule has 0 aromatic heterocycles. The largest absolute Gasteiger partial charge is 0.493 e. The normalized spacial score (nSPS) is 16.8. The van der Waals surface area contributed by atoms with E-state index in [-0.39, 0.29) is 5.41 Å². The van der Waals surface area contributed by atoms with Crippen LogP contribution < -0.4 is 14.8 Å². The third-order valence-corrected chi connectivity index (χ3v) is 4.03. The van der Waals surface area contributed by atoms with Crippen LogP contribution in [0, 0.1) is 0 Å². The van der Waals surface area contributed by atoms with Crippen molar-refractivity contribution < 1.29 is 9.47 Å². The Kier molecular flexibility index (Phi) is 5.12. The number of methoxy groups -OCH3 is 2. The first-order valence-corrected chi connectivity index (χ1v) is 7.64. The van der Waals surface area contributed by atoms with Crippen molar-refractivity contribution >= 4 is 0 Å². The van der Waals surface area contributed by atoms with Gasteiger partial charge in [0.1, 0.15) is 0 Å². The van der Waals surface area contributed by atoms with Crippen LogP contribution in [0.2, 0.25) is 0 Å². The van der Waals surface area contributed by atoms with Crippen molar-refractivity contribution in [3.63, 3.8) is 0 Å². The van der Waals surface area contributed by atoms with Crippen LogP contribution in [0.25, 0.3) is 0 Å².